The number of aryl methyl sites for hydroxylation is 1. The third-order valence-electron chi connectivity index (χ3n) is 7.38. The lowest BCUT2D eigenvalue weighted by Gasteiger charge is -2.61. The van der Waals surface area contributed by atoms with Gasteiger partial charge in [0.05, 0.1) is 36.9 Å². The van der Waals surface area contributed by atoms with Gasteiger partial charge >= 0.3 is 0 Å². The summed E-state index contributed by atoms with van der Waals surface area (Å²) in [6, 6.07) is 6.89. The van der Waals surface area contributed by atoms with E-state index in [0.717, 1.165) is 63.8 Å². The minimum Gasteiger partial charge on any atom is -0.496 e. The van der Waals surface area contributed by atoms with Gasteiger partial charge in [0.2, 0.25) is 0 Å². The van der Waals surface area contributed by atoms with Crippen LogP contribution in [0.3, 0.4) is 0 Å². The first-order valence-electron chi connectivity index (χ1n) is 11.1. The normalized spacial score (nSPS) is 17.8. The standard InChI is InChI=1S/C25H28N6O/c1-16-7-22-20(8-23(16)32-4)19(5-6-26-22)21-12-28-31-13-18(11-27-24(21)31)30-14-25(15-30)9-17(10-25)29(2)3/h5-8,11-13,17H,9-10,14-15H2,1-4H3. The molecule has 7 heteroatoms. The molecule has 0 atom stereocenters. The van der Waals surface area contributed by atoms with Crippen LogP contribution >= 0.6 is 0 Å². The van der Waals surface area contributed by atoms with Crippen molar-refractivity contribution >= 4 is 22.2 Å². The van der Waals surface area contributed by atoms with Crippen LogP contribution in [-0.4, -0.2) is 64.8 Å². The molecule has 1 saturated carbocycles. The molecule has 2 aliphatic rings. The molecule has 4 heterocycles. The fourth-order valence-corrected chi connectivity index (χ4v) is 5.46. The van der Waals surface area contributed by atoms with E-state index in [0.29, 0.717) is 5.41 Å². The Labute approximate surface area is 187 Å². The summed E-state index contributed by atoms with van der Waals surface area (Å²) in [5, 5.41) is 5.68. The van der Waals surface area contributed by atoms with Crippen LogP contribution in [0, 0.1) is 12.3 Å². The Morgan fingerprint density at radius 1 is 1.09 bits per heavy atom. The molecule has 0 unspecified atom stereocenters. The van der Waals surface area contributed by atoms with Crippen LogP contribution in [0.2, 0.25) is 0 Å². The molecule has 1 aliphatic heterocycles. The largest absolute Gasteiger partial charge is 0.496 e. The lowest BCUT2D eigenvalue weighted by atomic mass is 9.60. The predicted molar refractivity (Wildman–Crippen MR) is 126 cm³/mol. The molecule has 0 N–H and O–H groups in total. The van der Waals surface area contributed by atoms with Crippen LogP contribution in [0.15, 0.2) is 43.0 Å². The van der Waals surface area contributed by atoms with Crippen molar-refractivity contribution in [1.82, 2.24) is 24.5 Å². The van der Waals surface area contributed by atoms with Crippen molar-refractivity contribution in [3.8, 4) is 16.9 Å². The number of ether oxygens (including phenoxy) is 1. The molecule has 7 nitrogen and oxygen atoms in total. The number of hydrogen-bond donors (Lipinski definition) is 0. The van der Waals surface area contributed by atoms with Gasteiger partial charge in [0.25, 0.3) is 0 Å². The van der Waals surface area contributed by atoms with Gasteiger partial charge in [-0.2, -0.15) is 5.10 Å². The first-order chi connectivity index (χ1) is 15.5. The molecule has 0 radical (unpaired) electrons. The summed E-state index contributed by atoms with van der Waals surface area (Å²) in [7, 11) is 6.07. The molecular weight excluding hydrogens is 400 g/mol. The van der Waals surface area contributed by atoms with Gasteiger partial charge in [0, 0.05) is 41.7 Å². The number of hydrogen-bond acceptors (Lipinski definition) is 6. The van der Waals surface area contributed by atoms with Crippen LogP contribution in [0.5, 0.6) is 5.75 Å². The number of aromatic nitrogens is 4. The first kappa shape index (κ1) is 19.5. The second kappa shape index (κ2) is 6.90. The minimum absolute atomic E-state index is 0.506. The van der Waals surface area contributed by atoms with Gasteiger partial charge in [-0.15, -0.1) is 0 Å². The second-order valence-corrected chi connectivity index (χ2v) is 9.72. The molecule has 0 amide bonds. The molecule has 32 heavy (non-hydrogen) atoms. The molecule has 6 rings (SSSR count). The van der Waals surface area contributed by atoms with E-state index in [4.69, 9.17) is 9.72 Å². The number of methoxy groups -OCH3 is 1. The average Bonchev–Trinajstić information content (AvgIpc) is 3.13. The van der Waals surface area contributed by atoms with E-state index in [-0.39, 0.29) is 0 Å². The fourth-order valence-electron chi connectivity index (χ4n) is 5.46. The van der Waals surface area contributed by atoms with Crippen molar-refractivity contribution in [2.45, 2.75) is 25.8 Å². The molecule has 1 saturated heterocycles. The van der Waals surface area contributed by atoms with Gasteiger partial charge in [0.15, 0.2) is 5.65 Å². The Morgan fingerprint density at radius 2 is 1.91 bits per heavy atom. The fraction of sp³-hybridized carbons (Fsp3) is 0.400. The Kier molecular flexibility index (Phi) is 4.21. The lowest BCUT2D eigenvalue weighted by Crippen LogP contribution is -2.66. The van der Waals surface area contributed by atoms with Crippen LogP contribution in [0.25, 0.3) is 27.7 Å². The number of nitrogens with zero attached hydrogens (tertiary/aromatic N) is 6. The van der Waals surface area contributed by atoms with Crippen molar-refractivity contribution in [3.63, 3.8) is 0 Å². The molecule has 1 aliphatic carbocycles. The zero-order chi connectivity index (χ0) is 22.0. The van der Waals surface area contributed by atoms with Gasteiger partial charge in [-0.05, 0) is 63.2 Å². The minimum atomic E-state index is 0.506. The van der Waals surface area contributed by atoms with Gasteiger partial charge in [-0.1, -0.05) is 0 Å². The van der Waals surface area contributed by atoms with E-state index in [1.807, 2.05) is 36.1 Å². The third kappa shape index (κ3) is 2.88. The van der Waals surface area contributed by atoms with Crippen LogP contribution in [-0.2, 0) is 0 Å². The highest BCUT2D eigenvalue weighted by molar-refractivity contribution is 5.98. The molecular formula is C25H28N6O. The predicted octanol–water partition coefficient (Wildman–Crippen LogP) is 3.79. The second-order valence-electron chi connectivity index (χ2n) is 9.72. The topological polar surface area (TPSA) is 58.8 Å². The Hall–Kier alpha value is -3.19. The number of anilines is 1. The summed E-state index contributed by atoms with van der Waals surface area (Å²) < 4.78 is 7.45. The molecule has 4 aromatic rings. The number of fused-ring (bicyclic) bond motifs is 2. The number of pyridine rings is 1. The number of rotatable bonds is 4. The van der Waals surface area contributed by atoms with Crippen LogP contribution in [0.1, 0.15) is 18.4 Å². The van der Waals surface area contributed by atoms with Crippen molar-refractivity contribution in [2.24, 2.45) is 5.41 Å². The maximum Gasteiger partial charge on any atom is 0.162 e. The SMILES string of the molecule is COc1cc2c(-c3cnn4cc(N5CC6(CC(N(C)C)C6)C5)cnc34)ccnc2cc1C. The van der Waals surface area contributed by atoms with Gasteiger partial charge in [0.1, 0.15) is 5.75 Å². The maximum atomic E-state index is 5.55. The van der Waals surface area contributed by atoms with Gasteiger partial charge in [-0.25, -0.2) is 9.50 Å². The highest BCUT2D eigenvalue weighted by Gasteiger charge is 2.53. The average molecular weight is 429 g/mol. The van der Waals surface area contributed by atoms with Gasteiger partial charge < -0.3 is 14.5 Å². The Bertz CT molecular complexity index is 1330. The molecule has 3 aromatic heterocycles. The summed E-state index contributed by atoms with van der Waals surface area (Å²) >= 11 is 0. The summed E-state index contributed by atoms with van der Waals surface area (Å²) in [6.45, 7) is 4.27. The number of benzene rings is 1. The molecule has 0 bridgehead atoms. The van der Waals surface area contributed by atoms with Crippen LogP contribution in [0.4, 0.5) is 5.69 Å². The van der Waals surface area contributed by atoms with Crippen molar-refractivity contribution in [1.29, 1.82) is 0 Å². The maximum absolute atomic E-state index is 5.55. The van der Waals surface area contributed by atoms with Crippen molar-refractivity contribution < 1.29 is 4.74 Å². The first-order valence-corrected chi connectivity index (χ1v) is 11.1. The van der Waals surface area contributed by atoms with Gasteiger partial charge in [-0.3, -0.25) is 4.98 Å². The van der Waals surface area contributed by atoms with Crippen molar-refractivity contribution in [3.05, 3.63) is 48.5 Å². The molecule has 1 spiro atoms. The molecule has 2 fully saturated rings. The quantitative estimate of drug-likeness (QED) is 0.493. The molecule has 164 valence electrons. The monoisotopic (exact) mass is 428 g/mol. The van der Waals surface area contributed by atoms with Crippen LogP contribution < -0.4 is 9.64 Å². The Balaban J connectivity index is 1.31. The van der Waals surface area contributed by atoms with E-state index >= 15 is 0 Å². The van der Waals surface area contributed by atoms with E-state index in [1.54, 1.807) is 7.11 Å². The summed E-state index contributed by atoms with van der Waals surface area (Å²) in [4.78, 5) is 14.2. The summed E-state index contributed by atoms with van der Waals surface area (Å²) in [5.74, 6) is 0.859. The Morgan fingerprint density at radius 3 is 2.66 bits per heavy atom. The highest BCUT2D eigenvalue weighted by atomic mass is 16.5. The zero-order valence-corrected chi connectivity index (χ0v) is 19.0. The zero-order valence-electron chi connectivity index (χ0n) is 19.0. The smallest absolute Gasteiger partial charge is 0.162 e. The van der Waals surface area contributed by atoms with E-state index in [1.165, 1.54) is 12.8 Å². The van der Waals surface area contributed by atoms with E-state index in [2.05, 4.69) is 52.3 Å². The summed E-state index contributed by atoms with van der Waals surface area (Å²) in [5.41, 5.74) is 6.59. The lowest BCUT2D eigenvalue weighted by molar-refractivity contribution is 0.00127. The van der Waals surface area contributed by atoms with E-state index in [9.17, 15) is 0 Å². The summed E-state index contributed by atoms with van der Waals surface area (Å²) in [6.07, 6.45) is 10.4. The third-order valence-corrected chi connectivity index (χ3v) is 7.38. The molecule has 1 aromatic carbocycles. The van der Waals surface area contributed by atoms with E-state index < -0.39 is 0 Å². The highest BCUT2D eigenvalue weighted by Crippen LogP contribution is 2.50. The van der Waals surface area contributed by atoms with Crippen molar-refractivity contribution in [2.75, 3.05) is 39.2 Å².